The Morgan fingerprint density at radius 2 is 1.92 bits per heavy atom. The average Bonchev–Trinajstić information content (AvgIpc) is 3.11. The molecule has 1 N–H and O–H groups in total. The Labute approximate surface area is 160 Å². The fourth-order valence-corrected chi connectivity index (χ4v) is 3.36. The fraction of sp³-hybridized carbons (Fsp3) is 0.158. The molecule has 0 saturated heterocycles. The lowest BCUT2D eigenvalue weighted by Gasteiger charge is -2.09. The normalized spacial score (nSPS) is 10.4. The molecule has 1 aromatic heterocycles. The molecule has 0 radical (unpaired) electrons. The van der Waals surface area contributed by atoms with Crippen molar-refractivity contribution in [1.82, 2.24) is 4.98 Å². The molecule has 0 spiro atoms. The Kier molecular flexibility index (Phi) is 5.75. The maximum Gasteiger partial charge on any atom is 0.275 e. The molecule has 0 fully saturated rings. The molecule has 2 aromatic carbocycles. The topological polar surface area (TPSA) is 60.5 Å². The third-order valence-corrected chi connectivity index (χ3v) is 4.79. The Hall–Kier alpha value is -2.57. The van der Waals surface area contributed by atoms with Gasteiger partial charge in [-0.05, 0) is 35.9 Å². The van der Waals surface area contributed by atoms with Crippen molar-refractivity contribution in [2.24, 2.45) is 0 Å². The summed E-state index contributed by atoms with van der Waals surface area (Å²) < 4.78 is 10.4. The number of nitrogens with zero attached hydrogens (tertiary/aromatic N) is 1. The van der Waals surface area contributed by atoms with Crippen LogP contribution in [-0.4, -0.2) is 25.1 Å². The molecule has 0 aliphatic heterocycles. The van der Waals surface area contributed by atoms with Gasteiger partial charge in [0.2, 0.25) is 0 Å². The molecule has 5 nitrogen and oxygen atoms in total. The number of hydrogen-bond donors (Lipinski definition) is 1. The number of halogens is 1. The highest BCUT2D eigenvalue weighted by atomic mass is 35.5. The summed E-state index contributed by atoms with van der Waals surface area (Å²) in [7, 11) is 3.17. The minimum atomic E-state index is -0.303. The molecule has 7 heteroatoms. The number of nitrogens with one attached hydrogen (secondary N) is 1. The van der Waals surface area contributed by atoms with Crippen LogP contribution in [-0.2, 0) is 6.42 Å². The lowest BCUT2D eigenvalue weighted by Crippen LogP contribution is -2.13. The van der Waals surface area contributed by atoms with E-state index in [2.05, 4.69) is 10.3 Å². The third-order valence-electron chi connectivity index (χ3n) is 3.71. The quantitative estimate of drug-likeness (QED) is 0.667. The van der Waals surface area contributed by atoms with E-state index in [1.54, 1.807) is 30.7 Å². The monoisotopic (exact) mass is 388 g/mol. The largest absolute Gasteiger partial charge is 0.497 e. The zero-order valence-corrected chi connectivity index (χ0v) is 15.9. The minimum absolute atomic E-state index is 0.303. The minimum Gasteiger partial charge on any atom is -0.497 e. The number of benzene rings is 2. The van der Waals surface area contributed by atoms with Crippen LogP contribution in [0.5, 0.6) is 11.5 Å². The maximum absolute atomic E-state index is 12.5. The Morgan fingerprint density at radius 3 is 2.62 bits per heavy atom. The van der Waals surface area contributed by atoms with Gasteiger partial charge in [-0.3, -0.25) is 4.79 Å². The molecule has 26 heavy (non-hydrogen) atoms. The molecule has 0 aliphatic rings. The van der Waals surface area contributed by atoms with Crippen molar-refractivity contribution in [3.8, 4) is 11.5 Å². The summed E-state index contributed by atoms with van der Waals surface area (Å²) in [5.74, 6) is 1.04. The van der Waals surface area contributed by atoms with Gasteiger partial charge in [-0.2, -0.15) is 0 Å². The summed E-state index contributed by atoms with van der Waals surface area (Å²) in [6, 6.07) is 12.8. The van der Waals surface area contributed by atoms with Gasteiger partial charge in [0.1, 0.15) is 17.2 Å². The molecule has 1 heterocycles. The standard InChI is InChI=1S/C19H17ClN2O3S/c1-24-14-6-3-12(4-7-14)9-18-21-16(11-26-18)19(23)22-15-10-13(20)5-8-17(15)25-2/h3-8,10-11H,9H2,1-2H3,(H,22,23). The van der Waals surface area contributed by atoms with Crippen LogP contribution in [0, 0.1) is 0 Å². The highest BCUT2D eigenvalue weighted by molar-refractivity contribution is 7.09. The molecule has 0 saturated carbocycles. The summed E-state index contributed by atoms with van der Waals surface area (Å²) in [4.78, 5) is 16.9. The van der Waals surface area contributed by atoms with E-state index >= 15 is 0 Å². The first-order chi connectivity index (χ1) is 12.6. The van der Waals surface area contributed by atoms with Gasteiger partial charge in [0.05, 0.1) is 24.9 Å². The summed E-state index contributed by atoms with van der Waals surface area (Å²) in [5, 5.41) is 5.90. The summed E-state index contributed by atoms with van der Waals surface area (Å²) >= 11 is 7.44. The first-order valence-corrected chi connectivity index (χ1v) is 9.07. The van der Waals surface area contributed by atoms with Gasteiger partial charge in [-0.1, -0.05) is 23.7 Å². The van der Waals surface area contributed by atoms with E-state index in [0.717, 1.165) is 16.3 Å². The average molecular weight is 389 g/mol. The first kappa shape index (κ1) is 18.2. The Balaban J connectivity index is 1.70. The van der Waals surface area contributed by atoms with Crippen molar-refractivity contribution in [2.45, 2.75) is 6.42 Å². The van der Waals surface area contributed by atoms with Gasteiger partial charge in [0.25, 0.3) is 5.91 Å². The number of anilines is 1. The number of ether oxygens (including phenoxy) is 2. The van der Waals surface area contributed by atoms with Crippen LogP contribution in [0.1, 0.15) is 21.1 Å². The van der Waals surface area contributed by atoms with E-state index in [9.17, 15) is 4.79 Å². The smallest absolute Gasteiger partial charge is 0.275 e. The summed E-state index contributed by atoms with van der Waals surface area (Å²) in [6.07, 6.45) is 0.655. The number of thiazole rings is 1. The SMILES string of the molecule is COc1ccc(Cc2nc(C(=O)Nc3cc(Cl)ccc3OC)cs2)cc1. The first-order valence-electron chi connectivity index (χ1n) is 7.81. The van der Waals surface area contributed by atoms with Crippen LogP contribution in [0.25, 0.3) is 0 Å². The van der Waals surface area contributed by atoms with Crippen LogP contribution in [0.15, 0.2) is 47.8 Å². The Bertz CT molecular complexity index is 909. The second kappa shape index (κ2) is 8.21. The molecule has 3 rings (SSSR count). The lowest BCUT2D eigenvalue weighted by molar-refractivity contribution is 0.102. The summed E-state index contributed by atoms with van der Waals surface area (Å²) in [5.41, 5.74) is 1.97. The molecule has 0 unspecified atom stereocenters. The van der Waals surface area contributed by atoms with Crippen LogP contribution in [0.4, 0.5) is 5.69 Å². The number of rotatable bonds is 6. The van der Waals surface area contributed by atoms with E-state index in [-0.39, 0.29) is 5.91 Å². The van der Waals surface area contributed by atoms with Crippen molar-refractivity contribution >= 4 is 34.5 Å². The highest BCUT2D eigenvalue weighted by Gasteiger charge is 2.14. The number of hydrogen-bond acceptors (Lipinski definition) is 5. The molecule has 134 valence electrons. The van der Waals surface area contributed by atoms with E-state index in [0.29, 0.717) is 28.6 Å². The van der Waals surface area contributed by atoms with Gasteiger partial charge < -0.3 is 14.8 Å². The zero-order valence-electron chi connectivity index (χ0n) is 14.3. The fourth-order valence-electron chi connectivity index (χ4n) is 2.38. The van der Waals surface area contributed by atoms with E-state index < -0.39 is 0 Å². The van der Waals surface area contributed by atoms with Crippen LogP contribution in [0.3, 0.4) is 0 Å². The second-order valence-corrected chi connectivity index (χ2v) is 6.83. The number of amides is 1. The van der Waals surface area contributed by atoms with Gasteiger partial charge >= 0.3 is 0 Å². The number of methoxy groups -OCH3 is 2. The molecular weight excluding hydrogens is 372 g/mol. The van der Waals surface area contributed by atoms with Gasteiger partial charge in [-0.25, -0.2) is 4.98 Å². The predicted octanol–water partition coefficient (Wildman–Crippen LogP) is 4.66. The molecular formula is C19H17ClN2O3S. The third kappa shape index (κ3) is 4.33. The molecule has 0 aliphatic carbocycles. The van der Waals surface area contributed by atoms with Crippen LogP contribution < -0.4 is 14.8 Å². The van der Waals surface area contributed by atoms with Crippen molar-refractivity contribution in [3.63, 3.8) is 0 Å². The number of carbonyl (C=O) groups excluding carboxylic acids is 1. The number of carbonyl (C=O) groups is 1. The van der Waals surface area contributed by atoms with Crippen molar-refractivity contribution in [1.29, 1.82) is 0 Å². The second-order valence-electron chi connectivity index (χ2n) is 5.45. The van der Waals surface area contributed by atoms with E-state index in [1.165, 1.54) is 18.4 Å². The molecule has 0 atom stereocenters. The van der Waals surface area contributed by atoms with Gasteiger partial charge in [-0.15, -0.1) is 11.3 Å². The van der Waals surface area contributed by atoms with Crippen LogP contribution in [0.2, 0.25) is 5.02 Å². The van der Waals surface area contributed by atoms with Crippen LogP contribution >= 0.6 is 22.9 Å². The van der Waals surface area contributed by atoms with Crippen molar-refractivity contribution in [2.75, 3.05) is 19.5 Å². The Morgan fingerprint density at radius 1 is 1.15 bits per heavy atom. The molecule has 3 aromatic rings. The summed E-state index contributed by atoms with van der Waals surface area (Å²) in [6.45, 7) is 0. The van der Waals surface area contributed by atoms with E-state index in [1.807, 2.05) is 24.3 Å². The maximum atomic E-state index is 12.5. The lowest BCUT2D eigenvalue weighted by atomic mass is 10.1. The molecule has 1 amide bonds. The van der Waals surface area contributed by atoms with Crippen molar-refractivity contribution < 1.29 is 14.3 Å². The predicted molar refractivity (Wildman–Crippen MR) is 104 cm³/mol. The van der Waals surface area contributed by atoms with Gasteiger partial charge in [0.15, 0.2) is 0 Å². The zero-order chi connectivity index (χ0) is 18.5. The van der Waals surface area contributed by atoms with E-state index in [4.69, 9.17) is 21.1 Å². The highest BCUT2D eigenvalue weighted by Crippen LogP contribution is 2.28. The number of aromatic nitrogens is 1. The van der Waals surface area contributed by atoms with Crippen molar-refractivity contribution in [3.05, 3.63) is 69.1 Å². The molecule has 0 bridgehead atoms. The van der Waals surface area contributed by atoms with Gasteiger partial charge in [0, 0.05) is 16.8 Å².